The van der Waals surface area contributed by atoms with Crippen LogP contribution in [0.3, 0.4) is 0 Å². The number of pyridine rings is 1. The van der Waals surface area contributed by atoms with Crippen LogP contribution in [-0.4, -0.2) is 10.1 Å². The molecule has 20 heavy (non-hydrogen) atoms. The van der Waals surface area contributed by atoms with Crippen LogP contribution in [0, 0.1) is 19.7 Å². The van der Waals surface area contributed by atoms with Gasteiger partial charge in [-0.25, -0.2) is 4.39 Å². The third-order valence-electron chi connectivity index (χ3n) is 3.28. The third-order valence-corrected chi connectivity index (χ3v) is 3.28. The van der Waals surface area contributed by atoms with E-state index in [4.69, 9.17) is 4.42 Å². The largest absolute Gasteiger partial charge is 0.458 e. The van der Waals surface area contributed by atoms with Gasteiger partial charge in [-0.05, 0) is 49.2 Å². The number of benzene rings is 1. The van der Waals surface area contributed by atoms with Gasteiger partial charge in [-0.15, -0.1) is 0 Å². The Labute approximate surface area is 115 Å². The zero-order valence-corrected chi connectivity index (χ0v) is 11.2. The van der Waals surface area contributed by atoms with E-state index in [2.05, 4.69) is 4.98 Å². The summed E-state index contributed by atoms with van der Waals surface area (Å²) in [5.41, 5.74) is 3.02. The first kappa shape index (κ1) is 12.8. The van der Waals surface area contributed by atoms with Crippen LogP contribution in [0.1, 0.15) is 28.7 Å². The molecular weight excluding hydrogens is 257 g/mol. The molecule has 3 rings (SSSR count). The summed E-state index contributed by atoms with van der Waals surface area (Å²) in [5, 5.41) is 11.0. The summed E-state index contributed by atoms with van der Waals surface area (Å²) < 4.78 is 18.7. The van der Waals surface area contributed by atoms with Gasteiger partial charge >= 0.3 is 0 Å². The van der Waals surface area contributed by atoms with Crippen molar-refractivity contribution in [2.24, 2.45) is 0 Å². The minimum atomic E-state index is -0.953. The molecule has 102 valence electrons. The van der Waals surface area contributed by atoms with Gasteiger partial charge in [0.15, 0.2) is 6.10 Å². The summed E-state index contributed by atoms with van der Waals surface area (Å²) >= 11 is 0. The SMILES string of the molecule is Cc1cnc(C(O)c2cc3cc(F)ccc3o2)c(C)c1. The van der Waals surface area contributed by atoms with Crippen molar-refractivity contribution in [3.05, 3.63) is 64.9 Å². The molecule has 1 unspecified atom stereocenters. The number of aliphatic hydroxyl groups is 1. The Morgan fingerprint density at radius 3 is 2.75 bits per heavy atom. The smallest absolute Gasteiger partial charge is 0.154 e. The number of rotatable bonds is 2. The highest BCUT2D eigenvalue weighted by Crippen LogP contribution is 2.29. The summed E-state index contributed by atoms with van der Waals surface area (Å²) in [5.74, 6) is 0.0361. The highest BCUT2D eigenvalue weighted by atomic mass is 19.1. The minimum Gasteiger partial charge on any atom is -0.458 e. The van der Waals surface area contributed by atoms with E-state index in [9.17, 15) is 9.50 Å². The average Bonchev–Trinajstić information content (AvgIpc) is 2.81. The van der Waals surface area contributed by atoms with Crippen LogP contribution in [0.4, 0.5) is 4.39 Å². The van der Waals surface area contributed by atoms with Crippen molar-refractivity contribution in [2.45, 2.75) is 20.0 Å². The van der Waals surface area contributed by atoms with Crippen molar-refractivity contribution in [1.82, 2.24) is 4.98 Å². The lowest BCUT2D eigenvalue weighted by atomic mass is 10.1. The second kappa shape index (κ2) is 4.72. The number of halogens is 1. The molecule has 0 aliphatic carbocycles. The molecule has 0 bridgehead atoms. The Bertz CT molecular complexity index is 779. The van der Waals surface area contributed by atoms with Crippen molar-refractivity contribution in [1.29, 1.82) is 0 Å². The van der Waals surface area contributed by atoms with Gasteiger partial charge in [-0.3, -0.25) is 4.98 Å². The molecule has 0 saturated heterocycles. The first-order chi connectivity index (χ1) is 9.54. The molecule has 0 fully saturated rings. The lowest BCUT2D eigenvalue weighted by Crippen LogP contribution is -2.04. The van der Waals surface area contributed by atoms with Gasteiger partial charge in [0.2, 0.25) is 0 Å². The second-order valence-electron chi connectivity index (χ2n) is 4.95. The molecule has 3 nitrogen and oxygen atoms in total. The molecule has 0 spiro atoms. The molecule has 2 heterocycles. The fraction of sp³-hybridized carbons (Fsp3) is 0.188. The number of fused-ring (bicyclic) bond motifs is 1. The first-order valence-corrected chi connectivity index (χ1v) is 6.35. The van der Waals surface area contributed by atoms with Crippen LogP contribution in [0.25, 0.3) is 11.0 Å². The molecule has 0 radical (unpaired) electrons. The molecule has 1 atom stereocenters. The standard InChI is InChI=1S/C16H14FNO2/c1-9-5-10(2)15(18-8-9)16(19)14-7-11-6-12(17)3-4-13(11)20-14/h3-8,16,19H,1-2H3. The number of nitrogens with zero attached hydrogens (tertiary/aromatic N) is 1. The number of hydrogen-bond acceptors (Lipinski definition) is 3. The van der Waals surface area contributed by atoms with Gasteiger partial charge in [0.25, 0.3) is 0 Å². The summed E-state index contributed by atoms with van der Waals surface area (Å²) in [6.45, 7) is 3.83. The molecule has 3 aromatic rings. The molecule has 2 aromatic heterocycles. The van der Waals surface area contributed by atoms with Crippen molar-refractivity contribution in [2.75, 3.05) is 0 Å². The normalized spacial score (nSPS) is 12.8. The number of aliphatic hydroxyl groups excluding tert-OH is 1. The second-order valence-corrected chi connectivity index (χ2v) is 4.95. The van der Waals surface area contributed by atoms with Crippen LogP contribution >= 0.6 is 0 Å². The summed E-state index contributed by atoms with van der Waals surface area (Å²) in [4.78, 5) is 4.26. The van der Waals surface area contributed by atoms with E-state index in [0.29, 0.717) is 22.4 Å². The molecular formula is C16H14FNO2. The van der Waals surface area contributed by atoms with Crippen LogP contribution in [0.2, 0.25) is 0 Å². The lowest BCUT2D eigenvalue weighted by Gasteiger charge is -2.10. The summed E-state index contributed by atoms with van der Waals surface area (Å²) in [7, 11) is 0. The first-order valence-electron chi connectivity index (χ1n) is 6.35. The zero-order valence-electron chi connectivity index (χ0n) is 11.2. The van der Waals surface area contributed by atoms with E-state index in [-0.39, 0.29) is 5.82 Å². The molecule has 1 aromatic carbocycles. The number of furan rings is 1. The molecule has 1 N–H and O–H groups in total. The molecule has 0 amide bonds. The Kier molecular flexibility index (Phi) is 3.03. The number of aromatic nitrogens is 1. The molecule has 0 aliphatic rings. The van der Waals surface area contributed by atoms with E-state index in [1.807, 2.05) is 19.9 Å². The fourth-order valence-corrected chi connectivity index (χ4v) is 2.32. The van der Waals surface area contributed by atoms with Crippen molar-refractivity contribution in [3.8, 4) is 0 Å². The lowest BCUT2D eigenvalue weighted by molar-refractivity contribution is 0.187. The van der Waals surface area contributed by atoms with Crippen molar-refractivity contribution >= 4 is 11.0 Å². The zero-order chi connectivity index (χ0) is 14.3. The van der Waals surface area contributed by atoms with Crippen molar-refractivity contribution in [3.63, 3.8) is 0 Å². The Morgan fingerprint density at radius 1 is 1.20 bits per heavy atom. The van der Waals surface area contributed by atoms with Gasteiger partial charge in [-0.1, -0.05) is 6.07 Å². The highest BCUT2D eigenvalue weighted by Gasteiger charge is 2.19. The monoisotopic (exact) mass is 271 g/mol. The van der Waals surface area contributed by atoms with E-state index in [1.54, 1.807) is 18.3 Å². The Hall–Kier alpha value is -2.20. The number of hydrogen-bond donors (Lipinski definition) is 1. The van der Waals surface area contributed by atoms with E-state index in [0.717, 1.165) is 11.1 Å². The van der Waals surface area contributed by atoms with Crippen molar-refractivity contribution < 1.29 is 13.9 Å². The predicted octanol–water partition coefficient (Wildman–Crippen LogP) is 3.67. The maximum Gasteiger partial charge on any atom is 0.154 e. The van der Waals surface area contributed by atoms with Gasteiger partial charge in [0.05, 0.1) is 5.69 Å². The van der Waals surface area contributed by atoms with Crippen LogP contribution in [0.15, 0.2) is 40.9 Å². The quantitative estimate of drug-likeness (QED) is 0.773. The van der Waals surface area contributed by atoms with E-state index >= 15 is 0 Å². The Morgan fingerprint density at radius 2 is 2.00 bits per heavy atom. The van der Waals surface area contributed by atoms with Crippen LogP contribution < -0.4 is 0 Å². The van der Waals surface area contributed by atoms with E-state index in [1.165, 1.54) is 12.1 Å². The van der Waals surface area contributed by atoms with Gasteiger partial charge < -0.3 is 9.52 Å². The predicted molar refractivity (Wildman–Crippen MR) is 73.9 cm³/mol. The average molecular weight is 271 g/mol. The Balaban J connectivity index is 2.05. The molecule has 0 saturated carbocycles. The fourth-order valence-electron chi connectivity index (χ4n) is 2.32. The topological polar surface area (TPSA) is 46.3 Å². The molecule has 0 aliphatic heterocycles. The molecule has 4 heteroatoms. The van der Waals surface area contributed by atoms with Gasteiger partial charge in [0.1, 0.15) is 17.2 Å². The van der Waals surface area contributed by atoms with E-state index < -0.39 is 6.10 Å². The van der Waals surface area contributed by atoms with Crippen LogP contribution in [-0.2, 0) is 0 Å². The van der Waals surface area contributed by atoms with Gasteiger partial charge in [-0.2, -0.15) is 0 Å². The highest BCUT2D eigenvalue weighted by molar-refractivity contribution is 5.78. The number of aryl methyl sites for hydroxylation is 2. The minimum absolute atomic E-state index is 0.330. The summed E-state index contributed by atoms with van der Waals surface area (Å²) in [6.07, 6.45) is 0.750. The van der Waals surface area contributed by atoms with Gasteiger partial charge in [0, 0.05) is 11.6 Å². The maximum atomic E-state index is 13.2. The van der Waals surface area contributed by atoms with Crippen LogP contribution in [0.5, 0.6) is 0 Å². The maximum absolute atomic E-state index is 13.2. The summed E-state index contributed by atoms with van der Waals surface area (Å²) in [6, 6.07) is 7.86. The third kappa shape index (κ3) is 2.18.